The summed E-state index contributed by atoms with van der Waals surface area (Å²) in [4.78, 5) is 67.7. The van der Waals surface area contributed by atoms with Gasteiger partial charge in [-0.25, -0.2) is 19.9 Å². The number of amides is 2. The number of nitrogens with zero attached hydrogens (tertiary/aromatic N) is 8. The van der Waals surface area contributed by atoms with Gasteiger partial charge in [-0.1, -0.05) is 6.42 Å². The van der Waals surface area contributed by atoms with E-state index in [2.05, 4.69) is 111 Å². The van der Waals surface area contributed by atoms with E-state index in [0.29, 0.717) is 50.4 Å². The SMILES string of the molecule is CN1CCN(c2ccc3nc(-c4ccc5nc(CNC(=O)CCCCCC(=O)NCc6nc7ccc(-c8nc9ccc(N%10CCN(C)CC%10)cc9[nH]8)cc7[nH]6)[nH]c5c4)[nH]c3c2)CC1. The Kier molecular flexibility index (Phi) is 11.2. The molecule has 8 aromatic rings. The number of nitrogens with one attached hydrogen (secondary N) is 6. The molecule has 6 N–H and O–H groups in total. The third-order valence-electron chi connectivity index (χ3n) is 12.5. The van der Waals surface area contributed by atoms with Crippen LogP contribution in [-0.4, -0.2) is 128 Å². The molecule has 2 amide bonds. The minimum atomic E-state index is -0.0393. The molecule has 0 radical (unpaired) electrons. The molecule has 0 spiro atoms. The van der Waals surface area contributed by atoms with Gasteiger partial charge in [0, 0.05) is 87.7 Å². The van der Waals surface area contributed by atoms with E-state index in [1.54, 1.807) is 0 Å². The van der Waals surface area contributed by atoms with Gasteiger partial charge in [-0.15, -0.1) is 0 Å². The number of unbranched alkanes of at least 4 members (excludes halogenated alkanes) is 2. The maximum atomic E-state index is 12.7. The lowest BCUT2D eigenvalue weighted by molar-refractivity contribution is -0.121. The van der Waals surface area contributed by atoms with E-state index in [1.807, 2.05) is 36.4 Å². The van der Waals surface area contributed by atoms with Crippen LogP contribution in [0.1, 0.15) is 43.8 Å². The van der Waals surface area contributed by atoms with Crippen LogP contribution in [0.3, 0.4) is 0 Å². The Morgan fingerprint density at radius 1 is 0.492 bits per heavy atom. The van der Waals surface area contributed by atoms with Crippen LogP contribution in [0, 0.1) is 0 Å². The zero-order valence-electron chi connectivity index (χ0n) is 35.9. The number of H-pyrrole nitrogens is 4. The predicted octanol–water partition coefficient (Wildman–Crippen LogP) is 5.91. The number of aromatic amines is 4. The van der Waals surface area contributed by atoms with Crippen LogP contribution < -0.4 is 20.4 Å². The van der Waals surface area contributed by atoms with Crippen LogP contribution in [0.15, 0.2) is 72.8 Å². The van der Waals surface area contributed by atoms with Gasteiger partial charge in [0.2, 0.25) is 11.8 Å². The summed E-state index contributed by atoms with van der Waals surface area (Å²) < 4.78 is 0. The second-order valence-electron chi connectivity index (χ2n) is 17.1. The molecule has 0 bridgehead atoms. The number of carbonyl (C=O) groups excluding carboxylic acids is 2. The number of fused-ring (bicyclic) bond motifs is 4. The van der Waals surface area contributed by atoms with Crippen LogP contribution in [0.25, 0.3) is 66.9 Å². The third-order valence-corrected chi connectivity index (χ3v) is 12.5. The Labute approximate surface area is 364 Å². The van der Waals surface area contributed by atoms with Gasteiger partial charge in [-0.05, 0) is 99.7 Å². The van der Waals surface area contributed by atoms with Gasteiger partial charge in [0.25, 0.3) is 0 Å². The number of carbonyl (C=O) groups is 2. The summed E-state index contributed by atoms with van der Waals surface area (Å²) in [5.41, 5.74) is 11.7. The van der Waals surface area contributed by atoms with Gasteiger partial charge in [-0.3, -0.25) is 9.59 Å². The Morgan fingerprint density at radius 3 is 1.33 bits per heavy atom. The average molecular weight is 847 g/mol. The highest BCUT2D eigenvalue weighted by atomic mass is 16.2. The van der Waals surface area contributed by atoms with Crippen LogP contribution in [0.2, 0.25) is 0 Å². The highest BCUT2D eigenvalue weighted by Crippen LogP contribution is 2.29. The van der Waals surface area contributed by atoms with Gasteiger partial charge >= 0.3 is 0 Å². The Hall–Kier alpha value is -6.78. The molecule has 4 aromatic carbocycles. The maximum Gasteiger partial charge on any atom is 0.220 e. The first-order valence-corrected chi connectivity index (χ1v) is 22.1. The molecule has 2 aliphatic heterocycles. The molecule has 0 aliphatic carbocycles. The lowest BCUT2D eigenvalue weighted by Crippen LogP contribution is -2.44. The molecular formula is C47H54N14O2. The van der Waals surface area contributed by atoms with E-state index in [-0.39, 0.29) is 11.8 Å². The van der Waals surface area contributed by atoms with E-state index in [1.165, 1.54) is 11.4 Å². The fourth-order valence-electron chi connectivity index (χ4n) is 8.67. The number of hydrogen-bond donors (Lipinski definition) is 6. The highest BCUT2D eigenvalue weighted by Gasteiger charge is 2.18. The first-order chi connectivity index (χ1) is 30.8. The van der Waals surface area contributed by atoms with Crippen LogP contribution >= 0.6 is 0 Å². The fraction of sp³-hybridized carbons (Fsp3) is 0.362. The summed E-state index contributed by atoms with van der Waals surface area (Å²) in [7, 11) is 4.33. The molecule has 324 valence electrons. The minimum absolute atomic E-state index is 0.0393. The number of benzene rings is 4. The quantitative estimate of drug-likeness (QED) is 0.0719. The molecule has 0 atom stereocenters. The lowest BCUT2D eigenvalue weighted by atomic mass is 10.1. The fourth-order valence-corrected chi connectivity index (χ4v) is 8.67. The number of aromatic nitrogens is 8. The topological polar surface area (TPSA) is 186 Å². The van der Waals surface area contributed by atoms with Gasteiger partial charge in [0.05, 0.1) is 57.2 Å². The van der Waals surface area contributed by atoms with Crippen molar-refractivity contribution in [1.29, 1.82) is 0 Å². The van der Waals surface area contributed by atoms with Crippen molar-refractivity contribution in [1.82, 2.24) is 60.3 Å². The van der Waals surface area contributed by atoms with E-state index in [0.717, 1.165) is 126 Å². The largest absolute Gasteiger partial charge is 0.369 e. The van der Waals surface area contributed by atoms with Gasteiger partial charge in [-0.2, -0.15) is 0 Å². The molecule has 0 saturated carbocycles. The summed E-state index contributed by atoms with van der Waals surface area (Å²) in [6, 6.07) is 25.0. The summed E-state index contributed by atoms with van der Waals surface area (Å²) in [5.74, 6) is 2.92. The van der Waals surface area contributed by atoms with Crippen LogP contribution in [0.4, 0.5) is 11.4 Å². The molecule has 6 heterocycles. The number of rotatable bonds is 14. The van der Waals surface area contributed by atoms with Crippen molar-refractivity contribution >= 4 is 67.3 Å². The molecule has 2 saturated heterocycles. The molecule has 0 unspecified atom stereocenters. The van der Waals surface area contributed by atoms with Gasteiger partial charge in [0.15, 0.2) is 0 Å². The molecule has 10 rings (SSSR count). The first-order valence-electron chi connectivity index (χ1n) is 22.1. The first kappa shape index (κ1) is 40.3. The summed E-state index contributed by atoms with van der Waals surface area (Å²) in [6.45, 7) is 8.93. The second-order valence-corrected chi connectivity index (χ2v) is 17.1. The van der Waals surface area contributed by atoms with Crippen molar-refractivity contribution in [3.8, 4) is 22.8 Å². The second kappa shape index (κ2) is 17.5. The number of imidazole rings is 4. The monoisotopic (exact) mass is 846 g/mol. The van der Waals surface area contributed by atoms with Crippen molar-refractivity contribution < 1.29 is 9.59 Å². The maximum absolute atomic E-state index is 12.7. The molecule has 4 aromatic heterocycles. The van der Waals surface area contributed by atoms with E-state index in [4.69, 9.17) is 9.97 Å². The van der Waals surface area contributed by atoms with Gasteiger partial charge in [0.1, 0.15) is 23.3 Å². The number of likely N-dealkylation sites (N-methyl/N-ethyl adjacent to an activating group) is 2. The van der Waals surface area contributed by atoms with Crippen molar-refractivity contribution in [3.05, 3.63) is 84.4 Å². The van der Waals surface area contributed by atoms with Crippen LogP contribution in [-0.2, 0) is 22.7 Å². The van der Waals surface area contributed by atoms with Crippen molar-refractivity contribution in [2.24, 2.45) is 0 Å². The summed E-state index contributed by atoms with van der Waals surface area (Å²) in [5, 5.41) is 5.97. The number of hydrogen-bond acceptors (Lipinski definition) is 10. The third kappa shape index (κ3) is 9.08. The zero-order valence-corrected chi connectivity index (χ0v) is 35.9. The smallest absolute Gasteiger partial charge is 0.220 e. The van der Waals surface area contributed by atoms with Crippen molar-refractivity contribution in [2.75, 3.05) is 76.3 Å². The summed E-state index contributed by atoms with van der Waals surface area (Å²) in [6.07, 6.45) is 2.96. The van der Waals surface area contributed by atoms with E-state index in [9.17, 15) is 9.59 Å². The normalized spacial score (nSPS) is 15.3. The van der Waals surface area contributed by atoms with Crippen LogP contribution in [0.5, 0.6) is 0 Å². The minimum Gasteiger partial charge on any atom is -0.369 e. The Morgan fingerprint density at radius 2 is 0.889 bits per heavy atom. The van der Waals surface area contributed by atoms with E-state index >= 15 is 0 Å². The molecule has 63 heavy (non-hydrogen) atoms. The predicted molar refractivity (Wildman–Crippen MR) is 249 cm³/mol. The van der Waals surface area contributed by atoms with E-state index < -0.39 is 0 Å². The molecular weight excluding hydrogens is 793 g/mol. The van der Waals surface area contributed by atoms with Crippen molar-refractivity contribution in [3.63, 3.8) is 0 Å². The standard InChI is InChI=1S/C47H54N14O2/c1-58-16-20-60(21-17-58)32-10-14-36-40(26-32)56-46(54-36)30-8-12-34-38(24-30)52-42(50-34)28-48-44(62)6-4-3-5-7-45(63)49-29-43-51-35-13-9-31(25-39(35)53-43)47-55-37-15-11-33(27-41(37)57-47)61-22-18-59(2)19-23-61/h8-15,24-27H,3-7,16-23,28-29H2,1-2H3,(H,48,62)(H,49,63)(H,50,52)(H,51,53)(H,54,56)(H,55,57). The average Bonchev–Trinajstić information content (AvgIpc) is 4.11. The lowest BCUT2D eigenvalue weighted by Gasteiger charge is -2.34. The Balaban J connectivity index is 0.649. The summed E-state index contributed by atoms with van der Waals surface area (Å²) >= 11 is 0. The highest BCUT2D eigenvalue weighted by molar-refractivity contribution is 5.87. The number of anilines is 2. The Bertz CT molecular complexity index is 2710. The molecule has 2 aliphatic rings. The zero-order chi connectivity index (χ0) is 42.9. The molecule has 16 heteroatoms. The van der Waals surface area contributed by atoms with Crippen molar-refractivity contribution in [2.45, 2.75) is 45.2 Å². The number of piperazine rings is 2. The molecule has 16 nitrogen and oxygen atoms in total. The van der Waals surface area contributed by atoms with Gasteiger partial charge < -0.3 is 50.2 Å². The molecule has 2 fully saturated rings.